The van der Waals surface area contributed by atoms with Crippen LogP contribution in [-0.4, -0.2) is 33.8 Å². The number of aromatic nitrogens is 2. The number of anilines is 1. The zero-order valence-corrected chi connectivity index (χ0v) is 10.4. The van der Waals surface area contributed by atoms with Crippen LogP contribution in [-0.2, 0) is 0 Å². The van der Waals surface area contributed by atoms with Gasteiger partial charge in [-0.1, -0.05) is 12.8 Å². The second kappa shape index (κ2) is 4.39. The van der Waals surface area contributed by atoms with E-state index in [1.165, 1.54) is 18.8 Å². The van der Waals surface area contributed by atoms with Crippen molar-refractivity contribution in [3.05, 3.63) is 22.7 Å². The Bertz CT molecular complexity index is 487. The van der Waals surface area contributed by atoms with Crippen LogP contribution in [0.1, 0.15) is 32.1 Å². The molecule has 18 heavy (non-hydrogen) atoms. The molecule has 98 valence electrons. The zero-order valence-electron chi connectivity index (χ0n) is 10.4. The van der Waals surface area contributed by atoms with E-state index in [4.69, 9.17) is 0 Å². The van der Waals surface area contributed by atoms with Gasteiger partial charge in [0.1, 0.15) is 5.82 Å². The first-order chi connectivity index (χ1) is 8.67. The van der Waals surface area contributed by atoms with Crippen LogP contribution >= 0.6 is 0 Å². The minimum Gasteiger partial charge on any atom is -0.389 e. The van der Waals surface area contributed by atoms with E-state index in [9.17, 15) is 9.90 Å². The molecule has 0 aromatic carbocycles. The third kappa shape index (κ3) is 2.03. The van der Waals surface area contributed by atoms with Crippen LogP contribution in [0.25, 0.3) is 0 Å². The normalized spacial score (nSPS) is 32.1. The molecule has 0 radical (unpaired) electrons. The van der Waals surface area contributed by atoms with Gasteiger partial charge in [-0.05, 0) is 19.3 Å². The smallest absolute Gasteiger partial charge is 0.252 e. The van der Waals surface area contributed by atoms with Gasteiger partial charge in [0, 0.05) is 25.1 Å². The average Bonchev–Trinajstić information content (AvgIpc) is 2.37. The fraction of sp³-hybridized carbons (Fsp3) is 0.692. The van der Waals surface area contributed by atoms with E-state index in [0.717, 1.165) is 44.6 Å². The number of rotatable bonds is 1. The molecule has 1 aliphatic heterocycles. The number of hydrogen-bond donors (Lipinski definition) is 2. The van der Waals surface area contributed by atoms with E-state index in [1.54, 1.807) is 0 Å². The predicted octanol–water partition coefficient (Wildman–Crippen LogP) is 0.901. The number of hydrogen-bond acceptors (Lipinski definition) is 4. The second-order valence-electron chi connectivity index (χ2n) is 5.51. The molecule has 0 amide bonds. The van der Waals surface area contributed by atoms with Crippen molar-refractivity contribution in [3.8, 4) is 0 Å². The average molecular weight is 249 g/mol. The molecule has 0 bridgehead atoms. The Labute approximate surface area is 106 Å². The summed E-state index contributed by atoms with van der Waals surface area (Å²) in [7, 11) is 0. The van der Waals surface area contributed by atoms with E-state index >= 15 is 0 Å². The molecule has 5 heteroatoms. The Morgan fingerprint density at radius 2 is 2.33 bits per heavy atom. The molecular formula is C13H19N3O2. The fourth-order valence-corrected chi connectivity index (χ4v) is 3.31. The monoisotopic (exact) mass is 249 g/mol. The maximum absolute atomic E-state index is 11.3. The predicted molar refractivity (Wildman–Crippen MR) is 68.6 cm³/mol. The van der Waals surface area contributed by atoms with Crippen LogP contribution in [0.15, 0.2) is 17.2 Å². The van der Waals surface area contributed by atoms with Crippen LogP contribution in [0.4, 0.5) is 5.82 Å². The van der Waals surface area contributed by atoms with Crippen molar-refractivity contribution in [1.29, 1.82) is 0 Å². The molecule has 1 aromatic heterocycles. The van der Waals surface area contributed by atoms with Crippen LogP contribution in [0.2, 0.25) is 0 Å². The van der Waals surface area contributed by atoms with Gasteiger partial charge >= 0.3 is 0 Å². The molecule has 2 aliphatic rings. The molecule has 3 rings (SSSR count). The first-order valence-corrected chi connectivity index (χ1v) is 6.69. The van der Waals surface area contributed by atoms with Crippen molar-refractivity contribution in [2.45, 2.75) is 37.7 Å². The second-order valence-corrected chi connectivity index (χ2v) is 5.51. The van der Waals surface area contributed by atoms with Crippen molar-refractivity contribution >= 4 is 5.82 Å². The summed E-state index contributed by atoms with van der Waals surface area (Å²) in [6.07, 6.45) is 6.57. The Morgan fingerprint density at radius 1 is 1.44 bits per heavy atom. The molecule has 2 atom stereocenters. The number of aliphatic hydroxyl groups is 1. The molecule has 0 spiro atoms. The number of piperidine rings is 1. The Morgan fingerprint density at radius 3 is 3.17 bits per heavy atom. The van der Waals surface area contributed by atoms with E-state index < -0.39 is 5.60 Å². The number of aromatic amines is 1. The van der Waals surface area contributed by atoms with Crippen molar-refractivity contribution < 1.29 is 5.11 Å². The maximum Gasteiger partial charge on any atom is 0.252 e. The first-order valence-electron chi connectivity index (χ1n) is 6.69. The third-order valence-electron chi connectivity index (χ3n) is 4.42. The van der Waals surface area contributed by atoms with Gasteiger partial charge in [0.25, 0.3) is 5.56 Å². The van der Waals surface area contributed by atoms with Crippen molar-refractivity contribution in [2.75, 3.05) is 18.0 Å². The van der Waals surface area contributed by atoms with Gasteiger partial charge < -0.3 is 15.0 Å². The van der Waals surface area contributed by atoms with Crippen LogP contribution in [0.5, 0.6) is 0 Å². The summed E-state index contributed by atoms with van der Waals surface area (Å²) in [5, 5.41) is 10.6. The lowest BCUT2D eigenvalue weighted by atomic mass is 9.71. The first kappa shape index (κ1) is 11.7. The topological polar surface area (TPSA) is 69.2 Å². The van der Waals surface area contributed by atoms with Gasteiger partial charge in [0.05, 0.1) is 11.9 Å². The molecule has 1 saturated heterocycles. The molecule has 2 unspecified atom stereocenters. The Kier molecular flexibility index (Phi) is 2.86. The largest absolute Gasteiger partial charge is 0.389 e. The molecule has 1 aromatic rings. The van der Waals surface area contributed by atoms with Crippen molar-refractivity contribution in [3.63, 3.8) is 0 Å². The summed E-state index contributed by atoms with van der Waals surface area (Å²) >= 11 is 0. The van der Waals surface area contributed by atoms with Gasteiger partial charge in [-0.15, -0.1) is 0 Å². The summed E-state index contributed by atoms with van der Waals surface area (Å²) in [5.74, 6) is 1.05. The Balaban J connectivity index is 1.79. The molecule has 2 heterocycles. The van der Waals surface area contributed by atoms with Crippen molar-refractivity contribution in [2.24, 2.45) is 5.92 Å². The van der Waals surface area contributed by atoms with E-state index in [1.807, 2.05) is 0 Å². The lowest BCUT2D eigenvalue weighted by molar-refractivity contribution is -0.0613. The maximum atomic E-state index is 11.3. The van der Waals surface area contributed by atoms with Crippen LogP contribution in [0, 0.1) is 5.92 Å². The highest BCUT2D eigenvalue weighted by atomic mass is 16.3. The van der Waals surface area contributed by atoms with E-state index in [-0.39, 0.29) is 5.56 Å². The minimum atomic E-state index is -0.476. The molecular weight excluding hydrogens is 230 g/mol. The summed E-state index contributed by atoms with van der Waals surface area (Å²) < 4.78 is 0. The summed E-state index contributed by atoms with van der Waals surface area (Å²) in [5.41, 5.74) is -0.597. The lowest BCUT2D eigenvalue weighted by Crippen LogP contribution is -2.53. The summed E-state index contributed by atoms with van der Waals surface area (Å²) in [6.45, 7) is 1.59. The van der Waals surface area contributed by atoms with Gasteiger partial charge in [-0.2, -0.15) is 0 Å². The van der Waals surface area contributed by atoms with Gasteiger partial charge in [0.15, 0.2) is 0 Å². The molecule has 1 aliphatic carbocycles. The highest BCUT2D eigenvalue weighted by Crippen LogP contribution is 2.40. The minimum absolute atomic E-state index is 0.121. The highest BCUT2D eigenvalue weighted by molar-refractivity contribution is 5.37. The molecule has 5 nitrogen and oxygen atoms in total. The molecule has 1 saturated carbocycles. The Hall–Kier alpha value is -1.36. The highest BCUT2D eigenvalue weighted by Gasteiger charge is 2.42. The van der Waals surface area contributed by atoms with Crippen molar-refractivity contribution in [1.82, 2.24) is 9.97 Å². The summed E-state index contributed by atoms with van der Waals surface area (Å²) in [6, 6.07) is 1.53. The standard InChI is InChI=1S/C13H19N3O2/c17-12-7-11(14-9-15-12)16-6-5-13(18)4-2-1-3-10(13)8-16/h7,9-10,18H,1-6,8H2,(H,14,15,17). The molecule has 2 N–H and O–H groups in total. The van der Waals surface area contributed by atoms with E-state index in [2.05, 4.69) is 14.9 Å². The zero-order chi connectivity index (χ0) is 12.6. The quantitative estimate of drug-likeness (QED) is 0.776. The van der Waals surface area contributed by atoms with Gasteiger partial charge in [-0.3, -0.25) is 4.79 Å². The lowest BCUT2D eigenvalue weighted by Gasteiger charge is -2.47. The number of H-pyrrole nitrogens is 1. The van der Waals surface area contributed by atoms with Crippen LogP contribution < -0.4 is 10.5 Å². The van der Waals surface area contributed by atoms with Gasteiger partial charge in [-0.25, -0.2) is 4.98 Å². The van der Waals surface area contributed by atoms with E-state index in [0.29, 0.717) is 5.92 Å². The number of fused-ring (bicyclic) bond motifs is 1. The fourth-order valence-electron chi connectivity index (χ4n) is 3.31. The third-order valence-corrected chi connectivity index (χ3v) is 4.42. The molecule has 2 fully saturated rings. The number of nitrogens with one attached hydrogen (secondary N) is 1. The number of nitrogens with zero attached hydrogens (tertiary/aromatic N) is 2. The van der Waals surface area contributed by atoms with Gasteiger partial charge in [0.2, 0.25) is 0 Å². The SMILES string of the molecule is O=c1cc(N2CCC3(O)CCCCC3C2)nc[nH]1. The summed E-state index contributed by atoms with van der Waals surface area (Å²) in [4.78, 5) is 20.2. The van der Waals surface area contributed by atoms with Crippen LogP contribution in [0.3, 0.4) is 0 Å².